The van der Waals surface area contributed by atoms with E-state index in [1.807, 2.05) is 6.92 Å². The first-order chi connectivity index (χ1) is 9.38. The van der Waals surface area contributed by atoms with Crippen LogP contribution in [0.3, 0.4) is 0 Å². The number of nitrogens with one attached hydrogen (secondary N) is 1. The number of carboxylic acids is 1. The van der Waals surface area contributed by atoms with Crippen LogP contribution in [0, 0.1) is 0 Å². The summed E-state index contributed by atoms with van der Waals surface area (Å²) >= 11 is 17.7. The number of nitrogens with zero attached hydrogens (tertiary/aromatic N) is 2. The van der Waals surface area contributed by atoms with Crippen LogP contribution in [0.15, 0.2) is 5.10 Å². The van der Waals surface area contributed by atoms with Gasteiger partial charge in [0.05, 0.1) is 5.69 Å². The van der Waals surface area contributed by atoms with Gasteiger partial charge in [0.25, 0.3) is 0 Å². The van der Waals surface area contributed by atoms with E-state index in [4.69, 9.17) is 39.9 Å². The van der Waals surface area contributed by atoms with Crippen molar-refractivity contribution in [1.29, 1.82) is 0 Å². The molecule has 0 fully saturated rings. The van der Waals surface area contributed by atoms with E-state index in [0.717, 1.165) is 25.0 Å². The second kappa shape index (κ2) is 7.67. The van der Waals surface area contributed by atoms with Crippen molar-refractivity contribution in [3.63, 3.8) is 0 Å². The SMILES string of the molecule is CCCC/C(C)=N\Nc1c(Cl)c(Cl)nc(C(=O)O)c1Cl. The van der Waals surface area contributed by atoms with Gasteiger partial charge in [-0.2, -0.15) is 5.10 Å². The third-order valence-electron chi connectivity index (χ3n) is 2.49. The molecule has 0 saturated heterocycles. The van der Waals surface area contributed by atoms with Crippen molar-refractivity contribution in [3.05, 3.63) is 20.9 Å². The summed E-state index contributed by atoms with van der Waals surface area (Å²) in [6, 6.07) is 0. The van der Waals surface area contributed by atoms with Gasteiger partial charge in [0.2, 0.25) is 0 Å². The highest BCUT2D eigenvalue weighted by Gasteiger charge is 2.20. The van der Waals surface area contributed by atoms with Gasteiger partial charge in [-0.15, -0.1) is 0 Å². The Morgan fingerprint density at radius 3 is 2.55 bits per heavy atom. The van der Waals surface area contributed by atoms with Crippen molar-refractivity contribution in [2.24, 2.45) is 5.10 Å². The van der Waals surface area contributed by atoms with Gasteiger partial charge >= 0.3 is 5.97 Å². The molecule has 0 saturated carbocycles. The zero-order valence-corrected chi connectivity index (χ0v) is 13.3. The maximum Gasteiger partial charge on any atom is 0.356 e. The normalized spacial score (nSPS) is 11.6. The minimum Gasteiger partial charge on any atom is -0.476 e. The summed E-state index contributed by atoms with van der Waals surface area (Å²) in [4.78, 5) is 14.6. The Morgan fingerprint density at radius 1 is 1.35 bits per heavy atom. The number of rotatable bonds is 6. The highest BCUT2D eigenvalue weighted by Crippen LogP contribution is 2.36. The summed E-state index contributed by atoms with van der Waals surface area (Å²) in [5.74, 6) is -1.29. The van der Waals surface area contributed by atoms with Gasteiger partial charge < -0.3 is 5.11 Å². The summed E-state index contributed by atoms with van der Waals surface area (Å²) in [5.41, 5.74) is 3.28. The van der Waals surface area contributed by atoms with Crippen LogP contribution in [0.2, 0.25) is 15.2 Å². The number of hydrogen-bond donors (Lipinski definition) is 2. The Labute approximate surface area is 131 Å². The number of aromatic carboxylic acids is 1. The first kappa shape index (κ1) is 17.0. The van der Waals surface area contributed by atoms with Crippen LogP contribution in [0.5, 0.6) is 0 Å². The van der Waals surface area contributed by atoms with Gasteiger partial charge in [0.15, 0.2) is 10.8 Å². The lowest BCUT2D eigenvalue weighted by atomic mass is 10.2. The first-order valence-electron chi connectivity index (χ1n) is 5.95. The molecular formula is C12H14Cl3N3O2. The molecule has 0 radical (unpaired) electrons. The first-order valence-corrected chi connectivity index (χ1v) is 7.08. The largest absolute Gasteiger partial charge is 0.476 e. The summed E-state index contributed by atoms with van der Waals surface area (Å²) in [7, 11) is 0. The highest BCUT2D eigenvalue weighted by molar-refractivity contribution is 6.46. The molecule has 1 aromatic rings. The molecule has 0 aromatic carbocycles. The maximum atomic E-state index is 11.0. The maximum absolute atomic E-state index is 11.0. The molecule has 110 valence electrons. The Kier molecular flexibility index (Phi) is 6.52. The zero-order chi connectivity index (χ0) is 15.3. The Morgan fingerprint density at radius 2 is 2.00 bits per heavy atom. The van der Waals surface area contributed by atoms with Crippen molar-refractivity contribution in [2.75, 3.05) is 5.43 Å². The third kappa shape index (κ3) is 4.23. The quantitative estimate of drug-likeness (QED) is 0.447. The predicted molar refractivity (Wildman–Crippen MR) is 82.5 cm³/mol. The van der Waals surface area contributed by atoms with Crippen molar-refractivity contribution < 1.29 is 9.90 Å². The number of aromatic nitrogens is 1. The van der Waals surface area contributed by atoms with Crippen LogP contribution in [-0.4, -0.2) is 21.8 Å². The molecule has 1 heterocycles. The van der Waals surface area contributed by atoms with Crippen LogP contribution < -0.4 is 5.43 Å². The topological polar surface area (TPSA) is 74.6 Å². The Bertz CT molecular complexity index is 547. The minimum absolute atomic E-state index is 0.0358. The van der Waals surface area contributed by atoms with Crippen LogP contribution in [0.4, 0.5) is 5.69 Å². The van der Waals surface area contributed by atoms with Crippen molar-refractivity contribution in [2.45, 2.75) is 33.1 Å². The standard InChI is InChI=1S/C12H14Cl3N3O2/c1-3-4-5-6(2)17-18-9-7(13)10(12(19)20)16-11(15)8(9)14/h3-5H2,1-2H3,(H,16,18)(H,19,20)/b17-6-. The number of carbonyl (C=O) groups is 1. The third-order valence-corrected chi connectivity index (χ3v) is 3.60. The van der Waals surface area contributed by atoms with Crippen molar-refractivity contribution in [3.8, 4) is 0 Å². The number of hydrogen-bond acceptors (Lipinski definition) is 4. The number of hydrazone groups is 1. The molecule has 0 aliphatic carbocycles. The van der Waals surface area contributed by atoms with Gasteiger partial charge in [-0.3, -0.25) is 5.43 Å². The van der Waals surface area contributed by atoms with Crippen LogP contribution >= 0.6 is 34.8 Å². The molecule has 5 nitrogen and oxygen atoms in total. The predicted octanol–water partition coefficient (Wildman–Crippen LogP) is 4.72. The molecular weight excluding hydrogens is 325 g/mol. The molecule has 0 aliphatic rings. The molecule has 1 aromatic heterocycles. The molecule has 20 heavy (non-hydrogen) atoms. The lowest BCUT2D eigenvalue weighted by Gasteiger charge is -2.10. The number of halogens is 3. The Hall–Kier alpha value is -1.04. The summed E-state index contributed by atoms with van der Waals surface area (Å²) in [6.45, 7) is 3.93. The van der Waals surface area contributed by atoms with Crippen molar-refractivity contribution in [1.82, 2.24) is 4.98 Å². The van der Waals surface area contributed by atoms with E-state index in [2.05, 4.69) is 22.4 Å². The number of unbranched alkanes of at least 4 members (excludes halogenated alkanes) is 1. The number of carboxylic acid groups (broad SMARTS) is 1. The van der Waals surface area contributed by atoms with E-state index in [1.165, 1.54) is 0 Å². The fourth-order valence-corrected chi connectivity index (χ4v) is 2.06. The second-order valence-corrected chi connectivity index (χ2v) is 5.24. The summed E-state index contributed by atoms with van der Waals surface area (Å²) < 4.78 is 0. The van der Waals surface area contributed by atoms with E-state index in [-0.39, 0.29) is 26.6 Å². The smallest absolute Gasteiger partial charge is 0.356 e. The Balaban J connectivity index is 3.08. The molecule has 1 rings (SSSR count). The lowest BCUT2D eigenvalue weighted by Crippen LogP contribution is -2.06. The molecule has 2 N–H and O–H groups in total. The van der Waals surface area contributed by atoms with Gasteiger partial charge in [0.1, 0.15) is 10.0 Å². The summed E-state index contributed by atoms with van der Waals surface area (Å²) in [6.07, 6.45) is 2.89. The van der Waals surface area contributed by atoms with E-state index < -0.39 is 5.97 Å². The molecule has 8 heteroatoms. The van der Waals surface area contributed by atoms with Gasteiger partial charge in [-0.1, -0.05) is 48.1 Å². The van der Waals surface area contributed by atoms with Crippen LogP contribution in [-0.2, 0) is 0 Å². The monoisotopic (exact) mass is 337 g/mol. The second-order valence-electron chi connectivity index (χ2n) is 4.12. The average Bonchev–Trinajstić information content (AvgIpc) is 2.40. The van der Waals surface area contributed by atoms with E-state index in [1.54, 1.807) is 0 Å². The van der Waals surface area contributed by atoms with E-state index in [9.17, 15) is 4.79 Å². The average molecular weight is 339 g/mol. The molecule has 0 atom stereocenters. The summed E-state index contributed by atoms with van der Waals surface area (Å²) in [5, 5.41) is 12.9. The van der Waals surface area contributed by atoms with Crippen LogP contribution in [0.25, 0.3) is 0 Å². The van der Waals surface area contributed by atoms with Crippen LogP contribution in [0.1, 0.15) is 43.6 Å². The van der Waals surface area contributed by atoms with E-state index >= 15 is 0 Å². The number of anilines is 1. The van der Waals surface area contributed by atoms with Gasteiger partial charge in [-0.05, 0) is 19.8 Å². The van der Waals surface area contributed by atoms with Gasteiger partial charge in [0, 0.05) is 5.71 Å². The van der Waals surface area contributed by atoms with E-state index in [0.29, 0.717) is 0 Å². The van der Waals surface area contributed by atoms with Gasteiger partial charge in [-0.25, -0.2) is 9.78 Å². The molecule has 0 unspecified atom stereocenters. The number of pyridine rings is 1. The zero-order valence-electron chi connectivity index (χ0n) is 11.0. The fraction of sp³-hybridized carbons (Fsp3) is 0.417. The molecule has 0 aliphatic heterocycles. The molecule has 0 bridgehead atoms. The molecule has 0 amide bonds. The van der Waals surface area contributed by atoms with Crippen molar-refractivity contribution >= 4 is 52.2 Å². The highest BCUT2D eigenvalue weighted by atomic mass is 35.5. The molecule has 0 spiro atoms. The fourth-order valence-electron chi connectivity index (χ4n) is 1.39. The minimum atomic E-state index is -1.29. The lowest BCUT2D eigenvalue weighted by molar-refractivity contribution is 0.0691.